The molecule has 4 nitrogen and oxygen atoms in total. The molecule has 1 aromatic carbocycles. The quantitative estimate of drug-likeness (QED) is 0.447. The van der Waals surface area contributed by atoms with Crippen LogP contribution in [0, 0.1) is 0 Å². The maximum absolute atomic E-state index is 11.3. The topological polar surface area (TPSA) is 50.7 Å². The number of nitrogens with one attached hydrogen (secondary N) is 1. The molecule has 0 radical (unpaired) electrons. The smallest absolute Gasteiger partial charge is 0.277 e. The van der Waals surface area contributed by atoms with E-state index in [0.29, 0.717) is 5.75 Å². The van der Waals surface area contributed by atoms with Gasteiger partial charge in [-0.2, -0.15) is 5.10 Å². The predicted molar refractivity (Wildman–Crippen MR) is 68.1 cm³/mol. The number of ether oxygens (including phenoxy) is 1. The molecule has 0 spiro atoms. The van der Waals surface area contributed by atoms with Gasteiger partial charge >= 0.3 is 0 Å². The van der Waals surface area contributed by atoms with Gasteiger partial charge in [-0.25, -0.2) is 5.43 Å². The summed E-state index contributed by atoms with van der Waals surface area (Å²) in [6, 6.07) is 9.22. The molecule has 0 fully saturated rings. The minimum atomic E-state index is -0.249. The minimum Gasteiger partial charge on any atom is -0.484 e. The van der Waals surface area contributed by atoms with E-state index >= 15 is 0 Å². The van der Waals surface area contributed by atoms with Gasteiger partial charge in [0.05, 0.1) is 0 Å². The first-order valence-electron chi connectivity index (χ1n) is 5.81. The molecule has 0 bridgehead atoms. The van der Waals surface area contributed by atoms with E-state index in [9.17, 15) is 4.79 Å². The molecule has 1 aromatic rings. The molecule has 0 atom stereocenters. The third-order valence-electron chi connectivity index (χ3n) is 2.08. The third-order valence-corrected chi connectivity index (χ3v) is 2.08. The zero-order valence-electron chi connectivity index (χ0n) is 10.1. The molecular weight excluding hydrogens is 216 g/mol. The molecule has 17 heavy (non-hydrogen) atoms. The Morgan fingerprint density at radius 1 is 1.41 bits per heavy atom. The first-order valence-corrected chi connectivity index (χ1v) is 5.81. The van der Waals surface area contributed by atoms with Gasteiger partial charge in [-0.1, -0.05) is 31.5 Å². The standard InChI is InChI=1S/C13H18N2O2/c1-2-3-7-10-14-15-13(16)11-17-12-8-5-4-6-9-12/h4-6,8-10H,2-3,7,11H2,1H3,(H,15,16)/b14-10-. The van der Waals surface area contributed by atoms with Gasteiger partial charge in [-0.15, -0.1) is 0 Å². The number of para-hydroxylation sites is 1. The first kappa shape index (κ1) is 13.2. The zero-order valence-corrected chi connectivity index (χ0v) is 10.1. The van der Waals surface area contributed by atoms with E-state index in [1.54, 1.807) is 18.3 Å². The Labute approximate surface area is 102 Å². The number of nitrogens with zero attached hydrogens (tertiary/aromatic N) is 1. The van der Waals surface area contributed by atoms with Crippen molar-refractivity contribution in [2.24, 2.45) is 5.10 Å². The Balaban J connectivity index is 2.15. The average molecular weight is 234 g/mol. The fourth-order valence-corrected chi connectivity index (χ4v) is 1.18. The summed E-state index contributed by atoms with van der Waals surface area (Å²) >= 11 is 0. The summed E-state index contributed by atoms with van der Waals surface area (Å²) in [5.74, 6) is 0.430. The summed E-state index contributed by atoms with van der Waals surface area (Å²) in [6.45, 7) is 2.09. The molecule has 0 saturated carbocycles. The van der Waals surface area contributed by atoms with Gasteiger partial charge in [-0.05, 0) is 25.0 Å². The van der Waals surface area contributed by atoms with Crippen LogP contribution in [0.2, 0.25) is 0 Å². The number of rotatable bonds is 7. The first-order chi connectivity index (χ1) is 8.33. The van der Waals surface area contributed by atoms with Crippen LogP contribution in [0.15, 0.2) is 35.4 Å². The zero-order chi connectivity index (χ0) is 12.3. The van der Waals surface area contributed by atoms with Crippen LogP contribution in [0.3, 0.4) is 0 Å². The van der Waals surface area contributed by atoms with Gasteiger partial charge in [-0.3, -0.25) is 4.79 Å². The molecule has 0 aliphatic heterocycles. The Morgan fingerprint density at radius 3 is 2.88 bits per heavy atom. The van der Waals surface area contributed by atoms with Crippen molar-refractivity contribution >= 4 is 12.1 Å². The minimum absolute atomic E-state index is 0.0187. The molecule has 1 N–H and O–H groups in total. The molecular formula is C13H18N2O2. The van der Waals surface area contributed by atoms with E-state index in [2.05, 4.69) is 17.5 Å². The highest BCUT2D eigenvalue weighted by Gasteiger charge is 1.99. The van der Waals surface area contributed by atoms with E-state index in [4.69, 9.17) is 4.74 Å². The number of benzene rings is 1. The Kier molecular flexibility index (Phi) is 6.48. The highest BCUT2D eigenvalue weighted by Crippen LogP contribution is 2.07. The number of amides is 1. The number of unbranched alkanes of at least 4 members (excludes halogenated alkanes) is 2. The van der Waals surface area contributed by atoms with Gasteiger partial charge in [0.25, 0.3) is 5.91 Å². The van der Waals surface area contributed by atoms with Crippen molar-refractivity contribution in [2.75, 3.05) is 6.61 Å². The number of carbonyl (C=O) groups excluding carboxylic acids is 1. The average Bonchev–Trinajstić information content (AvgIpc) is 2.37. The monoisotopic (exact) mass is 234 g/mol. The van der Waals surface area contributed by atoms with Crippen LogP contribution in [-0.4, -0.2) is 18.7 Å². The second-order valence-electron chi connectivity index (χ2n) is 3.59. The van der Waals surface area contributed by atoms with Crippen LogP contribution < -0.4 is 10.2 Å². The van der Waals surface area contributed by atoms with Crippen molar-refractivity contribution in [3.63, 3.8) is 0 Å². The molecule has 0 unspecified atom stereocenters. The number of hydrogen-bond donors (Lipinski definition) is 1. The van der Waals surface area contributed by atoms with Crippen molar-refractivity contribution < 1.29 is 9.53 Å². The Bertz CT molecular complexity index is 350. The fourth-order valence-electron chi connectivity index (χ4n) is 1.18. The normalized spacial score (nSPS) is 10.4. The van der Waals surface area contributed by atoms with Gasteiger partial charge in [0, 0.05) is 6.21 Å². The van der Waals surface area contributed by atoms with E-state index < -0.39 is 0 Å². The molecule has 1 rings (SSSR count). The van der Waals surface area contributed by atoms with Crippen molar-refractivity contribution in [1.29, 1.82) is 0 Å². The van der Waals surface area contributed by atoms with Crippen LogP contribution in [0.4, 0.5) is 0 Å². The Hall–Kier alpha value is -1.84. The largest absolute Gasteiger partial charge is 0.484 e. The summed E-state index contributed by atoms with van der Waals surface area (Å²) < 4.78 is 5.26. The second kappa shape index (κ2) is 8.33. The summed E-state index contributed by atoms with van der Waals surface area (Å²) in [7, 11) is 0. The highest BCUT2D eigenvalue weighted by molar-refractivity contribution is 5.78. The molecule has 0 aliphatic rings. The van der Waals surface area contributed by atoms with Crippen molar-refractivity contribution in [3.8, 4) is 5.75 Å². The van der Waals surface area contributed by atoms with Crippen LogP contribution in [0.1, 0.15) is 26.2 Å². The van der Waals surface area contributed by atoms with Crippen LogP contribution in [0.25, 0.3) is 0 Å². The van der Waals surface area contributed by atoms with Crippen LogP contribution in [-0.2, 0) is 4.79 Å². The van der Waals surface area contributed by atoms with Crippen molar-refractivity contribution in [2.45, 2.75) is 26.2 Å². The predicted octanol–water partition coefficient (Wildman–Crippen LogP) is 2.36. The maximum Gasteiger partial charge on any atom is 0.277 e. The fraction of sp³-hybridized carbons (Fsp3) is 0.385. The molecule has 0 aliphatic carbocycles. The van der Waals surface area contributed by atoms with E-state index in [0.717, 1.165) is 19.3 Å². The van der Waals surface area contributed by atoms with Gasteiger partial charge in [0.15, 0.2) is 6.61 Å². The molecule has 4 heteroatoms. The highest BCUT2D eigenvalue weighted by atomic mass is 16.5. The summed E-state index contributed by atoms with van der Waals surface area (Å²) in [4.78, 5) is 11.3. The number of hydrogen-bond acceptors (Lipinski definition) is 3. The lowest BCUT2D eigenvalue weighted by molar-refractivity contribution is -0.123. The lowest BCUT2D eigenvalue weighted by atomic mass is 10.3. The number of carbonyl (C=O) groups is 1. The third kappa shape index (κ3) is 6.35. The lowest BCUT2D eigenvalue weighted by Crippen LogP contribution is -2.24. The molecule has 0 saturated heterocycles. The van der Waals surface area contributed by atoms with Crippen LogP contribution >= 0.6 is 0 Å². The molecule has 0 aromatic heterocycles. The van der Waals surface area contributed by atoms with Gasteiger partial charge in [0.2, 0.25) is 0 Å². The van der Waals surface area contributed by atoms with Gasteiger partial charge in [0.1, 0.15) is 5.75 Å². The molecule has 1 amide bonds. The summed E-state index contributed by atoms with van der Waals surface area (Å²) in [5.41, 5.74) is 2.42. The summed E-state index contributed by atoms with van der Waals surface area (Å²) in [5, 5.41) is 3.82. The summed E-state index contributed by atoms with van der Waals surface area (Å²) in [6.07, 6.45) is 4.80. The van der Waals surface area contributed by atoms with E-state index in [1.807, 2.05) is 18.2 Å². The lowest BCUT2D eigenvalue weighted by Gasteiger charge is -2.03. The Morgan fingerprint density at radius 2 is 2.18 bits per heavy atom. The van der Waals surface area contributed by atoms with E-state index in [1.165, 1.54) is 0 Å². The van der Waals surface area contributed by atoms with Crippen molar-refractivity contribution in [3.05, 3.63) is 30.3 Å². The molecule has 0 heterocycles. The SMILES string of the molecule is CCCC/C=N\NC(=O)COc1ccccc1. The van der Waals surface area contributed by atoms with Crippen molar-refractivity contribution in [1.82, 2.24) is 5.43 Å². The second-order valence-corrected chi connectivity index (χ2v) is 3.59. The van der Waals surface area contributed by atoms with Gasteiger partial charge < -0.3 is 4.74 Å². The van der Waals surface area contributed by atoms with E-state index in [-0.39, 0.29) is 12.5 Å². The number of hydrazone groups is 1. The van der Waals surface area contributed by atoms with Crippen LogP contribution in [0.5, 0.6) is 5.75 Å². The molecule has 92 valence electrons. The maximum atomic E-state index is 11.3.